The highest BCUT2D eigenvalue weighted by atomic mass is 16.1. The van der Waals surface area contributed by atoms with Gasteiger partial charge in [-0.2, -0.15) is 5.26 Å². The van der Waals surface area contributed by atoms with Crippen molar-refractivity contribution in [3.63, 3.8) is 0 Å². The molecule has 1 aromatic carbocycles. The van der Waals surface area contributed by atoms with E-state index in [1.807, 2.05) is 24.3 Å². The highest BCUT2D eigenvalue weighted by molar-refractivity contribution is 5.95. The molecular formula is C15H18N2O. The minimum atomic E-state index is -0.0319. The Kier molecular flexibility index (Phi) is 3.13. The summed E-state index contributed by atoms with van der Waals surface area (Å²) in [6.45, 7) is 6.60. The molecular weight excluding hydrogens is 224 g/mol. The Morgan fingerprint density at radius 2 is 2.22 bits per heavy atom. The summed E-state index contributed by atoms with van der Waals surface area (Å²) in [4.78, 5) is 13.7. The maximum absolute atomic E-state index is 11.4. The molecule has 1 fully saturated rings. The fraction of sp³-hybridized carbons (Fsp3) is 0.467. The minimum Gasteiger partial charge on any atom is -0.365 e. The number of nitrogens with zero attached hydrogens (tertiary/aromatic N) is 2. The molecule has 1 atom stereocenters. The Balaban J connectivity index is 2.34. The zero-order valence-electron chi connectivity index (χ0n) is 11.1. The number of ketones is 1. The summed E-state index contributed by atoms with van der Waals surface area (Å²) in [5, 5.41) is 9.07. The predicted octanol–water partition coefficient (Wildman–Crippen LogP) is 3.02. The summed E-state index contributed by atoms with van der Waals surface area (Å²) >= 11 is 0. The zero-order valence-corrected chi connectivity index (χ0v) is 11.1. The lowest BCUT2D eigenvalue weighted by atomic mass is 9.97. The van der Waals surface area contributed by atoms with Gasteiger partial charge < -0.3 is 4.90 Å². The summed E-state index contributed by atoms with van der Waals surface area (Å²) < 4.78 is 0. The van der Waals surface area contributed by atoms with Gasteiger partial charge in [-0.05, 0) is 39.3 Å². The van der Waals surface area contributed by atoms with Crippen molar-refractivity contribution in [3.8, 4) is 6.07 Å². The number of hydrogen-bond acceptors (Lipinski definition) is 3. The second kappa shape index (κ2) is 4.45. The summed E-state index contributed by atoms with van der Waals surface area (Å²) in [7, 11) is 0. The van der Waals surface area contributed by atoms with Crippen LogP contribution < -0.4 is 4.90 Å². The molecule has 1 aliphatic rings. The van der Waals surface area contributed by atoms with E-state index in [0.717, 1.165) is 24.2 Å². The lowest BCUT2D eigenvalue weighted by molar-refractivity contribution is 0.101. The van der Waals surface area contributed by atoms with Crippen LogP contribution in [-0.4, -0.2) is 17.9 Å². The van der Waals surface area contributed by atoms with E-state index >= 15 is 0 Å². The van der Waals surface area contributed by atoms with E-state index in [0.29, 0.717) is 0 Å². The van der Waals surface area contributed by atoms with Gasteiger partial charge in [0.2, 0.25) is 0 Å². The molecule has 0 aromatic heterocycles. The molecule has 18 heavy (non-hydrogen) atoms. The number of nitriles is 1. The molecule has 3 heteroatoms. The topological polar surface area (TPSA) is 44.1 Å². The molecule has 1 saturated heterocycles. The van der Waals surface area contributed by atoms with Gasteiger partial charge in [-0.3, -0.25) is 4.79 Å². The Morgan fingerprint density at radius 1 is 1.50 bits per heavy atom. The molecule has 1 unspecified atom stereocenters. The second-order valence-electron chi connectivity index (χ2n) is 5.56. The van der Waals surface area contributed by atoms with Crippen LogP contribution in [0, 0.1) is 17.2 Å². The molecule has 0 aliphatic carbocycles. The van der Waals surface area contributed by atoms with Crippen LogP contribution in [0.3, 0.4) is 0 Å². The fourth-order valence-electron chi connectivity index (χ4n) is 2.68. The van der Waals surface area contributed by atoms with E-state index in [1.54, 1.807) is 6.92 Å². The quantitative estimate of drug-likeness (QED) is 0.749. The highest BCUT2D eigenvalue weighted by Gasteiger charge is 2.38. The molecule has 0 amide bonds. The Labute approximate surface area is 108 Å². The Bertz CT molecular complexity index is 513. The van der Waals surface area contributed by atoms with Gasteiger partial charge in [-0.1, -0.05) is 12.1 Å². The highest BCUT2D eigenvalue weighted by Crippen LogP contribution is 2.36. The van der Waals surface area contributed by atoms with Gasteiger partial charge in [0.15, 0.2) is 5.78 Å². The van der Waals surface area contributed by atoms with Crippen LogP contribution in [0.25, 0.3) is 0 Å². The average Bonchev–Trinajstić information content (AvgIpc) is 2.64. The van der Waals surface area contributed by atoms with Crippen molar-refractivity contribution in [2.75, 3.05) is 11.4 Å². The maximum Gasteiger partial charge on any atom is 0.159 e. The number of carbonyl (C=O) groups is 1. The first-order chi connectivity index (χ1) is 8.44. The van der Waals surface area contributed by atoms with Crippen LogP contribution in [0.5, 0.6) is 0 Å². The van der Waals surface area contributed by atoms with Gasteiger partial charge in [0.05, 0.1) is 12.0 Å². The standard InChI is InChI=1S/C15H18N2O/c1-11(18)13-5-4-6-14(7-13)17-10-12(9-16)8-15(17,2)3/h4-7,12H,8,10H2,1-3H3. The molecule has 0 radical (unpaired) electrons. The largest absolute Gasteiger partial charge is 0.365 e. The molecule has 2 rings (SSSR count). The first-order valence-corrected chi connectivity index (χ1v) is 6.22. The number of hydrogen-bond donors (Lipinski definition) is 0. The average molecular weight is 242 g/mol. The van der Waals surface area contributed by atoms with Crippen molar-refractivity contribution in [2.45, 2.75) is 32.7 Å². The smallest absolute Gasteiger partial charge is 0.159 e. The lowest BCUT2D eigenvalue weighted by Crippen LogP contribution is -2.38. The molecule has 0 bridgehead atoms. The third-order valence-corrected chi connectivity index (χ3v) is 3.63. The van der Waals surface area contributed by atoms with E-state index in [1.165, 1.54) is 0 Å². The predicted molar refractivity (Wildman–Crippen MR) is 71.6 cm³/mol. The summed E-state index contributed by atoms with van der Waals surface area (Å²) in [6, 6.07) is 10.0. The molecule has 0 N–H and O–H groups in total. The molecule has 0 spiro atoms. The van der Waals surface area contributed by atoms with Crippen molar-refractivity contribution in [2.24, 2.45) is 5.92 Å². The van der Waals surface area contributed by atoms with Crippen LogP contribution in [0.15, 0.2) is 24.3 Å². The number of carbonyl (C=O) groups excluding carboxylic acids is 1. The van der Waals surface area contributed by atoms with Crippen LogP contribution >= 0.6 is 0 Å². The second-order valence-corrected chi connectivity index (χ2v) is 5.56. The van der Waals surface area contributed by atoms with Crippen LogP contribution in [0.2, 0.25) is 0 Å². The normalized spacial score (nSPS) is 21.7. The third-order valence-electron chi connectivity index (χ3n) is 3.63. The van der Waals surface area contributed by atoms with Crippen molar-refractivity contribution in [1.29, 1.82) is 5.26 Å². The number of anilines is 1. The van der Waals surface area contributed by atoms with Gasteiger partial charge in [-0.25, -0.2) is 0 Å². The maximum atomic E-state index is 11.4. The van der Waals surface area contributed by atoms with E-state index in [4.69, 9.17) is 5.26 Å². The van der Waals surface area contributed by atoms with Gasteiger partial charge >= 0.3 is 0 Å². The molecule has 1 heterocycles. The molecule has 94 valence electrons. The lowest BCUT2D eigenvalue weighted by Gasteiger charge is -2.33. The summed E-state index contributed by atoms with van der Waals surface area (Å²) in [5.74, 6) is 0.145. The van der Waals surface area contributed by atoms with Gasteiger partial charge in [0.1, 0.15) is 0 Å². The Hall–Kier alpha value is -1.82. The molecule has 1 aromatic rings. The first kappa shape index (κ1) is 12.6. The summed E-state index contributed by atoms with van der Waals surface area (Å²) in [6.07, 6.45) is 0.869. The third kappa shape index (κ3) is 2.24. The van der Waals surface area contributed by atoms with E-state index < -0.39 is 0 Å². The summed E-state index contributed by atoms with van der Waals surface area (Å²) in [5.41, 5.74) is 1.73. The fourth-order valence-corrected chi connectivity index (χ4v) is 2.68. The van der Waals surface area contributed by atoms with Crippen LogP contribution in [-0.2, 0) is 0 Å². The minimum absolute atomic E-state index is 0.0319. The first-order valence-electron chi connectivity index (χ1n) is 6.22. The van der Waals surface area contributed by atoms with E-state index in [-0.39, 0.29) is 17.2 Å². The van der Waals surface area contributed by atoms with E-state index in [2.05, 4.69) is 24.8 Å². The van der Waals surface area contributed by atoms with Crippen molar-refractivity contribution < 1.29 is 4.79 Å². The number of rotatable bonds is 2. The van der Waals surface area contributed by atoms with Crippen LogP contribution in [0.4, 0.5) is 5.69 Å². The molecule has 3 nitrogen and oxygen atoms in total. The number of Topliss-reactive ketones (excluding diaryl/α,β-unsaturated/α-hetero) is 1. The van der Waals surface area contributed by atoms with E-state index in [9.17, 15) is 4.79 Å². The van der Waals surface area contributed by atoms with Crippen LogP contribution in [0.1, 0.15) is 37.6 Å². The van der Waals surface area contributed by atoms with Gasteiger partial charge in [0, 0.05) is 23.3 Å². The van der Waals surface area contributed by atoms with Gasteiger partial charge in [-0.15, -0.1) is 0 Å². The van der Waals surface area contributed by atoms with Crippen molar-refractivity contribution in [1.82, 2.24) is 0 Å². The Morgan fingerprint density at radius 3 is 2.78 bits per heavy atom. The van der Waals surface area contributed by atoms with Crippen molar-refractivity contribution in [3.05, 3.63) is 29.8 Å². The van der Waals surface area contributed by atoms with Crippen molar-refractivity contribution >= 4 is 11.5 Å². The number of benzene rings is 1. The zero-order chi connectivity index (χ0) is 13.3. The van der Waals surface area contributed by atoms with Gasteiger partial charge in [0.25, 0.3) is 0 Å². The molecule has 1 aliphatic heterocycles. The SMILES string of the molecule is CC(=O)c1cccc(N2CC(C#N)CC2(C)C)c1. The molecule has 0 saturated carbocycles. The monoisotopic (exact) mass is 242 g/mol.